The van der Waals surface area contributed by atoms with Crippen molar-refractivity contribution >= 4 is 11.8 Å². The Morgan fingerprint density at radius 3 is 2.32 bits per heavy atom. The number of hydrazine groups is 1. The predicted octanol–water partition coefficient (Wildman–Crippen LogP) is 2.26. The maximum atomic E-state index is 12.3. The quantitative estimate of drug-likeness (QED) is 0.328. The molecule has 0 aliphatic rings. The second kappa shape index (κ2) is 9.42. The number of carbonyl (C=O) groups excluding carboxylic acids is 2. The molecule has 0 heterocycles. The zero-order chi connectivity index (χ0) is 19.0. The van der Waals surface area contributed by atoms with E-state index in [0.29, 0.717) is 19.3 Å². The number of hydrogen-bond acceptors (Lipinski definition) is 4. The van der Waals surface area contributed by atoms with E-state index >= 15 is 0 Å². The highest BCUT2D eigenvalue weighted by molar-refractivity contribution is 5.78. The highest BCUT2D eigenvalue weighted by atomic mass is 16.3. The Morgan fingerprint density at radius 1 is 1.20 bits per heavy atom. The van der Waals surface area contributed by atoms with Crippen LogP contribution in [0.3, 0.4) is 0 Å². The lowest BCUT2D eigenvalue weighted by Crippen LogP contribution is -2.42. The number of rotatable bonds is 8. The van der Waals surface area contributed by atoms with Crippen molar-refractivity contribution in [2.24, 2.45) is 17.2 Å². The minimum Gasteiger partial charge on any atom is -0.508 e. The maximum Gasteiger partial charge on any atom is 0.236 e. The molecule has 0 radical (unpaired) electrons. The first-order chi connectivity index (χ1) is 11.6. The summed E-state index contributed by atoms with van der Waals surface area (Å²) >= 11 is 0. The molecule has 140 valence electrons. The van der Waals surface area contributed by atoms with Crippen LogP contribution in [0.1, 0.15) is 52.5 Å². The third kappa shape index (κ3) is 8.54. The van der Waals surface area contributed by atoms with Crippen LogP contribution >= 0.6 is 0 Å². The van der Waals surface area contributed by atoms with Crippen LogP contribution < -0.4 is 16.6 Å². The van der Waals surface area contributed by atoms with E-state index in [0.717, 1.165) is 12.0 Å². The third-order valence-electron chi connectivity index (χ3n) is 4.11. The van der Waals surface area contributed by atoms with Crippen molar-refractivity contribution in [3.63, 3.8) is 0 Å². The smallest absolute Gasteiger partial charge is 0.236 e. The Kier molecular flexibility index (Phi) is 7.90. The lowest BCUT2D eigenvalue weighted by Gasteiger charge is -2.23. The third-order valence-corrected chi connectivity index (χ3v) is 4.11. The van der Waals surface area contributed by atoms with Crippen LogP contribution in [-0.4, -0.2) is 23.0 Å². The molecule has 6 heteroatoms. The van der Waals surface area contributed by atoms with Crippen molar-refractivity contribution in [1.29, 1.82) is 0 Å². The molecule has 2 amide bonds. The minimum atomic E-state index is -0.310. The molecule has 0 aliphatic heterocycles. The summed E-state index contributed by atoms with van der Waals surface area (Å²) in [5.41, 5.74) is 3.23. The van der Waals surface area contributed by atoms with Gasteiger partial charge in [0.25, 0.3) is 0 Å². The summed E-state index contributed by atoms with van der Waals surface area (Å²) in [5.74, 6) is 4.82. The number of aromatic hydroxyl groups is 1. The molecule has 1 aromatic carbocycles. The first-order valence-corrected chi connectivity index (χ1v) is 8.68. The van der Waals surface area contributed by atoms with Gasteiger partial charge in [0, 0.05) is 18.4 Å². The van der Waals surface area contributed by atoms with Crippen LogP contribution in [0.15, 0.2) is 24.3 Å². The number of nitrogens with one attached hydrogen (secondary N) is 2. The van der Waals surface area contributed by atoms with E-state index in [1.54, 1.807) is 19.1 Å². The van der Waals surface area contributed by atoms with E-state index in [-0.39, 0.29) is 34.9 Å². The zero-order valence-electron chi connectivity index (χ0n) is 15.6. The summed E-state index contributed by atoms with van der Waals surface area (Å²) in [7, 11) is 0. The van der Waals surface area contributed by atoms with E-state index in [2.05, 4.69) is 31.5 Å². The first kappa shape index (κ1) is 21.0. The lowest BCUT2D eigenvalue weighted by molar-refractivity contribution is -0.126. The average Bonchev–Trinajstić information content (AvgIpc) is 2.53. The number of amides is 2. The molecule has 2 atom stereocenters. The summed E-state index contributed by atoms with van der Waals surface area (Å²) < 4.78 is 0. The van der Waals surface area contributed by atoms with Crippen molar-refractivity contribution < 1.29 is 14.7 Å². The van der Waals surface area contributed by atoms with Gasteiger partial charge in [-0.2, -0.15) is 0 Å². The van der Waals surface area contributed by atoms with Crippen LogP contribution in [0.4, 0.5) is 0 Å². The van der Waals surface area contributed by atoms with Gasteiger partial charge in [0.05, 0.1) is 0 Å². The average molecular weight is 349 g/mol. The highest BCUT2D eigenvalue weighted by Crippen LogP contribution is 2.21. The molecule has 25 heavy (non-hydrogen) atoms. The van der Waals surface area contributed by atoms with Gasteiger partial charge < -0.3 is 10.4 Å². The van der Waals surface area contributed by atoms with Crippen LogP contribution in [-0.2, 0) is 16.0 Å². The van der Waals surface area contributed by atoms with Crippen LogP contribution in [0, 0.1) is 11.3 Å². The highest BCUT2D eigenvalue weighted by Gasteiger charge is 2.21. The molecular formula is C19H31N3O3. The Balaban J connectivity index is 2.74. The lowest BCUT2D eigenvalue weighted by atomic mass is 9.90. The Morgan fingerprint density at radius 2 is 1.80 bits per heavy atom. The minimum absolute atomic E-state index is 0.0148. The van der Waals surface area contributed by atoms with E-state index in [1.807, 2.05) is 12.1 Å². The summed E-state index contributed by atoms with van der Waals surface area (Å²) in [5, 5.41) is 12.4. The molecule has 6 nitrogen and oxygen atoms in total. The summed E-state index contributed by atoms with van der Waals surface area (Å²) in [6.07, 6.45) is 2.32. The zero-order valence-corrected chi connectivity index (χ0v) is 15.6. The predicted molar refractivity (Wildman–Crippen MR) is 98.5 cm³/mol. The Bertz CT molecular complexity index is 564. The molecule has 0 spiro atoms. The van der Waals surface area contributed by atoms with E-state index in [4.69, 9.17) is 5.84 Å². The van der Waals surface area contributed by atoms with Crippen LogP contribution in [0.2, 0.25) is 0 Å². The van der Waals surface area contributed by atoms with Crippen LogP contribution in [0.25, 0.3) is 0 Å². The molecule has 1 aromatic rings. The summed E-state index contributed by atoms with van der Waals surface area (Å²) in [6.45, 7) is 8.08. The van der Waals surface area contributed by atoms with Gasteiger partial charge in [-0.05, 0) is 42.4 Å². The molecule has 5 N–H and O–H groups in total. The maximum absolute atomic E-state index is 12.3. The van der Waals surface area contributed by atoms with Gasteiger partial charge in [-0.1, -0.05) is 39.8 Å². The van der Waals surface area contributed by atoms with Crippen LogP contribution in [0.5, 0.6) is 5.75 Å². The Labute approximate surface area is 150 Å². The molecule has 1 rings (SSSR count). The molecule has 0 aliphatic carbocycles. The van der Waals surface area contributed by atoms with Crippen molar-refractivity contribution in [1.82, 2.24) is 10.7 Å². The van der Waals surface area contributed by atoms with E-state index in [9.17, 15) is 14.7 Å². The van der Waals surface area contributed by atoms with Crippen molar-refractivity contribution in [3.05, 3.63) is 29.8 Å². The summed E-state index contributed by atoms with van der Waals surface area (Å²) in [4.78, 5) is 24.0. The van der Waals surface area contributed by atoms with Gasteiger partial charge in [-0.15, -0.1) is 0 Å². The van der Waals surface area contributed by atoms with Crippen molar-refractivity contribution in [2.45, 2.75) is 59.4 Å². The second-order valence-corrected chi connectivity index (χ2v) is 7.84. The molecule has 0 aromatic heterocycles. The molecule has 0 bridgehead atoms. The van der Waals surface area contributed by atoms with Crippen molar-refractivity contribution in [2.75, 3.05) is 0 Å². The second-order valence-electron chi connectivity index (χ2n) is 7.84. The number of hydrogen-bond donors (Lipinski definition) is 4. The standard InChI is InChI=1S/C19H31N3O3/c1-13(18(25)22-20)11-15(12-14-5-7-16(23)8-6-14)21-17(24)9-10-19(2,3)4/h5-8,13,15,23H,9-12,20H2,1-4H3,(H,21,24)(H,22,25)/t13-,15+/m0/s1. The van der Waals surface area contributed by atoms with E-state index in [1.165, 1.54) is 0 Å². The largest absolute Gasteiger partial charge is 0.508 e. The molecule has 0 saturated carbocycles. The van der Waals surface area contributed by atoms with Gasteiger partial charge in [0.2, 0.25) is 11.8 Å². The number of carbonyl (C=O) groups is 2. The SMILES string of the molecule is C[C@@H](C[C@H](Cc1ccc(O)cc1)NC(=O)CCC(C)(C)C)C(=O)NN. The molecule has 0 saturated heterocycles. The van der Waals surface area contributed by atoms with E-state index < -0.39 is 0 Å². The number of phenols is 1. The van der Waals surface area contributed by atoms with Gasteiger partial charge in [-0.25, -0.2) is 5.84 Å². The fourth-order valence-corrected chi connectivity index (χ4v) is 2.57. The molecule has 0 unspecified atom stereocenters. The normalized spacial score (nSPS) is 13.8. The van der Waals surface area contributed by atoms with Gasteiger partial charge >= 0.3 is 0 Å². The topological polar surface area (TPSA) is 104 Å². The van der Waals surface area contributed by atoms with Gasteiger partial charge in [0.15, 0.2) is 0 Å². The summed E-state index contributed by atoms with van der Waals surface area (Å²) in [6, 6.07) is 6.69. The number of phenolic OH excluding ortho intramolecular Hbond substituents is 1. The monoisotopic (exact) mass is 349 g/mol. The van der Waals surface area contributed by atoms with Gasteiger partial charge in [0.1, 0.15) is 5.75 Å². The Hall–Kier alpha value is -2.08. The fourth-order valence-electron chi connectivity index (χ4n) is 2.57. The van der Waals surface area contributed by atoms with Gasteiger partial charge in [-0.3, -0.25) is 15.0 Å². The molecular weight excluding hydrogens is 318 g/mol. The number of nitrogens with two attached hydrogens (primary N) is 1. The fraction of sp³-hybridized carbons (Fsp3) is 0.579. The first-order valence-electron chi connectivity index (χ1n) is 8.68. The van der Waals surface area contributed by atoms with Crippen molar-refractivity contribution in [3.8, 4) is 5.75 Å². The number of benzene rings is 1. The molecule has 0 fully saturated rings.